The lowest BCUT2D eigenvalue weighted by Crippen LogP contribution is -2.22. The van der Waals surface area contributed by atoms with Crippen LogP contribution in [0.2, 0.25) is 0 Å². The number of benzene rings is 1. The Morgan fingerprint density at radius 2 is 2.00 bits per heavy atom. The van der Waals surface area contributed by atoms with Crippen LogP contribution in [0.1, 0.15) is 28.8 Å². The van der Waals surface area contributed by atoms with E-state index < -0.39 is 5.97 Å². The predicted molar refractivity (Wildman–Crippen MR) is 73.8 cm³/mol. The molecule has 0 bridgehead atoms. The Hall–Kier alpha value is -2.04. The molecule has 2 N–H and O–H groups in total. The molecule has 1 aromatic rings. The van der Waals surface area contributed by atoms with Crippen molar-refractivity contribution in [2.45, 2.75) is 19.8 Å². The van der Waals surface area contributed by atoms with Crippen molar-refractivity contribution in [3.63, 3.8) is 0 Å². The molecular formula is C14H20N2O3. The molecule has 0 atom stereocenters. The third-order valence-electron chi connectivity index (χ3n) is 2.78. The first-order valence-electron chi connectivity index (χ1n) is 6.16. The molecule has 0 saturated heterocycles. The number of amides is 1. The first-order valence-corrected chi connectivity index (χ1v) is 6.16. The van der Waals surface area contributed by atoms with Crippen molar-refractivity contribution in [2.75, 3.05) is 26.4 Å². The van der Waals surface area contributed by atoms with Gasteiger partial charge in [-0.05, 0) is 25.0 Å². The fraction of sp³-hybridized carbons (Fsp3) is 0.429. The van der Waals surface area contributed by atoms with Crippen molar-refractivity contribution in [3.8, 4) is 0 Å². The zero-order valence-corrected chi connectivity index (χ0v) is 11.6. The first kappa shape index (κ1) is 15.0. The van der Waals surface area contributed by atoms with Gasteiger partial charge < -0.3 is 15.4 Å². The quantitative estimate of drug-likeness (QED) is 0.498. The molecule has 0 aliphatic rings. The van der Waals surface area contributed by atoms with E-state index in [1.807, 2.05) is 13.0 Å². The minimum Gasteiger partial charge on any atom is -0.462 e. The van der Waals surface area contributed by atoms with Crippen molar-refractivity contribution in [3.05, 3.63) is 29.3 Å². The van der Waals surface area contributed by atoms with Gasteiger partial charge in [0.05, 0.1) is 12.2 Å². The molecule has 5 nitrogen and oxygen atoms in total. The normalized spacial score (nSPS) is 10.1. The zero-order valence-electron chi connectivity index (χ0n) is 11.6. The molecule has 1 aromatic carbocycles. The maximum Gasteiger partial charge on any atom is 0.340 e. The molecule has 0 saturated carbocycles. The van der Waals surface area contributed by atoms with Gasteiger partial charge in [-0.15, -0.1) is 0 Å². The highest BCUT2D eigenvalue weighted by atomic mass is 16.5. The second-order valence-electron chi connectivity index (χ2n) is 4.57. The molecule has 1 rings (SSSR count). The minimum absolute atomic E-state index is 0.0199. The summed E-state index contributed by atoms with van der Waals surface area (Å²) in [5.74, 6) is -0.417. The Bertz CT molecular complexity index is 450. The molecule has 0 aromatic heterocycles. The van der Waals surface area contributed by atoms with Crippen molar-refractivity contribution in [2.24, 2.45) is 0 Å². The second kappa shape index (κ2) is 6.78. The van der Waals surface area contributed by atoms with Crippen LogP contribution in [0.3, 0.4) is 0 Å². The van der Waals surface area contributed by atoms with E-state index in [9.17, 15) is 9.59 Å². The van der Waals surface area contributed by atoms with E-state index in [0.29, 0.717) is 24.1 Å². The predicted octanol–water partition coefficient (Wildman–Crippen LogP) is 1.60. The maximum absolute atomic E-state index is 11.9. The maximum atomic E-state index is 11.9. The fourth-order valence-electron chi connectivity index (χ4n) is 1.65. The van der Waals surface area contributed by atoms with Gasteiger partial charge in [0, 0.05) is 26.2 Å². The SMILES string of the molecule is Cc1cccc(N)c1C(=O)OCCCC(=O)N(C)C. The molecule has 0 radical (unpaired) electrons. The molecule has 0 fully saturated rings. The van der Waals surface area contributed by atoms with Crippen LogP contribution in [0.5, 0.6) is 0 Å². The fourth-order valence-corrected chi connectivity index (χ4v) is 1.65. The van der Waals surface area contributed by atoms with Crippen molar-refractivity contribution >= 4 is 17.6 Å². The van der Waals surface area contributed by atoms with Crippen molar-refractivity contribution in [1.82, 2.24) is 4.90 Å². The number of ether oxygens (including phenoxy) is 1. The van der Waals surface area contributed by atoms with Crippen LogP contribution in [-0.2, 0) is 9.53 Å². The minimum atomic E-state index is -0.437. The van der Waals surface area contributed by atoms with Crippen LogP contribution in [0.15, 0.2) is 18.2 Å². The first-order chi connectivity index (χ1) is 8.93. The van der Waals surface area contributed by atoms with E-state index in [1.165, 1.54) is 4.90 Å². The summed E-state index contributed by atoms with van der Waals surface area (Å²) in [7, 11) is 3.39. The number of nitrogen functional groups attached to an aromatic ring is 1. The Morgan fingerprint density at radius 3 is 2.58 bits per heavy atom. The Morgan fingerprint density at radius 1 is 1.32 bits per heavy atom. The monoisotopic (exact) mass is 264 g/mol. The van der Waals surface area contributed by atoms with Crippen LogP contribution in [0, 0.1) is 6.92 Å². The third kappa shape index (κ3) is 4.28. The molecule has 0 spiro atoms. The Labute approximate surface area is 113 Å². The summed E-state index contributed by atoms with van der Waals surface area (Å²) in [5, 5.41) is 0. The number of esters is 1. The molecule has 0 unspecified atom stereocenters. The summed E-state index contributed by atoms with van der Waals surface area (Å²) in [6.07, 6.45) is 0.873. The van der Waals surface area contributed by atoms with Crippen LogP contribution in [0.4, 0.5) is 5.69 Å². The molecule has 5 heteroatoms. The summed E-state index contributed by atoms with van der Waals surface area (Å²) in [5.41, 5.74) is 7.35. The van der Waals surface area contributed by atoms with Crippen molar-refractivity contribution in [1.29, 1.82) is 0 Å². The summed E-state index contributed by atoms with van der Waals surface area (Å²) in [4.78, 5) is 24.7. The molecule has 0 heterocycles. The number of nitrogens with zero attached hydrogens (tertiary/aromatic N) is 1. The van der Waals surface area contributed by atoms with E-state index in [2.05, 4.69) is 0 Å². The standard InChI is InChI=1S/C14H20N2O3/c1-10-6-4-7-11(15)13(10)14(18)19-9-5-8-12(17)16(2)3/h4,6-7H,5,8-9,15H2,1-3H3. The van der Waals surface area contributed by atoms with Gasteiger partial charge in [-0.3, -0.25) is 4.79 Å². The van der Waals surface area contributed by atoms with Gasteiger partial charge >= 0.3 is 5.97 Å². The number of rotatable bonds is 5. The number of aryl methyl sites for hydroxylation is 1. The molecule has 104 valence electrons. The molecule has 0 aliphatic heterocycles. The van der Waals surface area contributed by atoms with Gasteiger partial charge in [0.25, 0.3) is 0 Å². The highest BCUT2D eigenvalue weighted by Crippen LogP contribution is 2.17. The average Bonchev–Trinajstić information content (AvgIpc) is 2.34. The number of carbonyl (C=O) groups excluding carboxylic acids is 2. The summed E-state index contributed by atoms with van der Waals surface area (Å²) >= 11 is 0. The van der Waals surface area contributed by atoms with Crippen molar-refractivity contribution < 1.29 is 14.3 Å². The van der Waals surface area contributed by atoms with Gasteiger partial charge in [-0.25, -0.2) is 4.79 Å². The van der Waals surface area contributed by atoms with E-state index in [-0.39, 0.29) is 12.5 Å². The number of carbonyl (C=O) groups is 2. The molecule has 1 amide bonds. The highest BCUT2D eigenvalue weighted by molar-refractivity contribution is 5.96. The molecule has 19 heavy (non-hydrogen) atoms. The van der Waals surface area contributed by atoms with Crippen LogP contribution < -0.4 is 5.73 Å². The topological polar surface area (TPSA) is 72.6 Å². The highest BCUT2D eigenvalue weighted by Gasteiger charge is 2.14. The lowest BCUT2D eigenvalue weighted by molar-refractivity contribution is -0.128. The van der Waals surface area contributed by atoms with E-state index in [4.69, 9.17) is 10.5 Å². The second-order valence-corrected chi connectivity index (χ2v) is 4.57. The van der Waals surface area contributed by atoms with Crippen LogP contribution >= 0.6 is 0 Å². The van der Waals surface area contributed by atoms with E-state index in [0.717, 1.165) is 5.56 Å². The third-order valence-corrected chi connectivity index (χ3v) is 2.78. The molecular weight excluding hydrogens is 244 g/mol. The number of anilines is 1. The van der Waals surface area contributed by atoms with Gasteiger partial charge in [0.15, 0.2) is 0 Å². The Kier molecular flexibility index (Phi) is 5.36. The van der Waals surface area contributed by atoms with Gasteiger partial charge in [-0.1, -0.05) is 12.1 Å². The van der Waals surface area contributed by atoms with Crippen LogP contribution in [0.25, 0.3) is 0 Å². The lowest BCUT2D eigenvalue weighted by atomic mass is 10.1. The number of hydrogen-bond donors (Lipinski definition) is 1. The number of nitrogens with two attached hydrogens (primary N) is 1. The molecule has 0 aliphatic carbocycles. The van der Waals surface area contributed by atoms with Gasteiger partial charge in [0.2, 0.25) is 5.91 Å². The van der Waals surface area contributed by atoms with Crippen LogP contribution in [-0.4, -0.2) is 37.5 Å². The zero-order chi connectivity index (χ0) is 14.4. The number of hydrogen-bond acceptors (Lipinski definition) is 4. The summed E-state index contributed by atoms with van der Waals surface area (Å²) in [6, 6.07) is 5.26. The van der Waals surface area contributed by atoms with Gasteiger partial charge in [0.1, 0.15) is 0 Å². The average molecular weight is 264 g/mol. The van der Waals surface area contributed by atoms with E-state index in [1.54, 1.807) is 26.2 Å². The Balaban J connectivity index is 2.46. The van der Waals surface area contributed by atoms with E-state index >= 15 is 0 Å². The summed E-state index contributed by atoms with van der Waals surface area (Å²) < 4.78 is 5.13. The largest absolute Gasteiger partial charge is 0.462 e. The lowest BCUT2D eigenvalue weighted by Gasteiger charge is -2.11. The van der Waals surface area contributed by atoms with Gasteiger partial charge in [-0.2, -0.15) is 0 Å². The summed E-state index contributed by atoms with van der Waals surface area (Å²) in [6.45, 7) is 2.02. The smallest absolute Gasteiger partial charge is 0.340 e.